The van der Waals surface area contributed by atoms with Crippen LogP contribution < -0.4 is 0 Å². The number of likely N-dealkylation sites (tertiary alicyclic amines) is 1. The van der Waals surface area contributed by atoms with Gasteiger partial charge in [-0.2, -0.15) is 0 Å². The number of aliphatic hydroxyl groups is 1. The van der Waals surface area contributed by atoms with Gasteiger partial charge in [-0.15, -0.1) is 0 Å². The predicted molar refractivity (Wildman–Crippen MR) is 70.4 cm³/mol. The van der Waals surface area contributed by atoms with Gasteiger partial charge in [0, 0.05) is 10.5 Å². The lowest BCUT2D eigenvalue weighted by Gasteiger charge is -2.43. The van der Waals surface area contributed by atoms with Gasteiger partial charge in [0.25, 0.3) is 0 Å². The van der Waals surface area contributed by atoms with Crippen molar-refractivity contribution in [1.82, 2.24) is 4.90 Å². The van der Waals surface area contributed by atoms with Crippen LogP contribution in [0.5, 0.6) is 0 Å². The summed E-state index contributed by atoms with van der Waals surface area (Å²) in [6.45, 7) is 2.55. The zero-order valence-corrected chi connectivity index (χ0v) is 11.1. The molecule has 2 rings (SSSR count). The Balaban J connectivity index is 1.98. The zero-order valence-electron chi connectivity index (χ0n) is 9.56. The molecule has 1 saturated heterocycles. The summed E-state index contributed by atoms with van der Waals surface area (Å²) in [6.07, 6.45) is 3.31. The second kappa shape index (κ2) is 4.63. The molecule has 1 aliphatic heterocycles. The number of hydrogen-bond acceptors (Lipinski definition) is 2. The van der Waals surface area contributed by atoms with Crippen molar-refractivity contribution in [3.05, 3.63) is 40.4 Å². The normalized spacial score (nSPS) is 18.2. The number of amides is 1. The summed E-state index contributed by atoms with van der Waals surface area (Å²) in [5.41, 5.74) is 0.254. The highest BCUT2D eigenvalue weighted by molar-refractivity contribution is 9.10. The van der Waals surface area contributed by atoms with Crippen LogP contribution in [0.2, 0.25) is 0 Å². The minimum absolute atomic E-state index is 0.0627. The number of halogens is 1. The molecule has 0 aromatic heterocycles. The number of carbonyl (C=O) groups excluding carboxylic acids is 1. The molecule has 1 amide bonds. The third-order valence-electron chi connectivity index (χ3n) is 2.69. The number of benzene rings is 1. The summed E-state index contributed by atoms with van der Waals surface area (Å²) >= 11 is 3.42. The Labute approximate surface area is 109 Å². The molecule has 0 spiro atoms. The average molecular weight is 296 g/mol. The van der Waals surface area contributed by atoms with Crippen LogP contribution in [0.4, 0.5) is 0 Å². The van der Waals surface area contributed by atoms with E-state index in [2.05, 4.69) is 15.9 Å². The van der Waals surface area contributed by atoms with E-state index in [1.165, 1.54) is 6.08 Å². The summed E-state index contributed by atoms with van der Waals surface area (Å²) in [5.74, 6) is -0.0627. The molecule has 1 aromatic rings. The molecule has 0 bridgehead atoms. The van der Waals surface area contributed by atoms with Gasteiger partial charge in [-0.3, -0.25) is 4.79 Å². The Hall–Kier alpha value is -1.13. The quantitative estimate of drug-likeness (QED) is 0.849. The lowest BCUT2D eigenvalue weighted by atomic mass is 9.97. The summed E-state index contributed by atoms with van der Waals surface area (Å²) in [6, 6.07) is 7.71. The Bertz CT molecular complexity index is 460. The second-order valence-corrected chi connectivity index (χ2v) is 5.40. The lowest BCUT2D eigenvalue weighted by molar-refractivity contribution is -0.146. The summed E-state index contributed by atoms with van der Waals surface area (Å²) in [4.78, 5) is 13.3. The van der Waals surface area contributed by atoms with E-state index in [1.807, 2.05) is 24.3 Å². The molecule has 1 N–H and O–H groups in total. The van der Waals surface area contributed by atoms with E-state index in [-0.39, 0.29) is 5.91 Å². The molecular formula is C13H14BrNO2. The minimum atomic E-state index is -0.711. The van der Waals surface area contributed by atoms with E-state index < -0.39 is 5.60 Å². The molecule has 1 aliphatic rings. The first kappa shape index (κ1) is 12.3. The van der Waals surface area contributed by atoms with Crippen LogP contribution in [-0.4, -0.2) is 34.6 Å². The van der Waals surface area contributed by atoms with Crippen LogP contribution in [0.25, 0.3) is 6.08 Å². The fourth-order valence-electron chi connectivity index (χ4n) is 1.81. The molecule has 3 nitrogen and oxygen atoms in total. The number of nitrogens with zero attached hydrogens (tertiary/aromatic N) is 1. The Morgan fingerprint density at radius 3 is 2.71 bits per heavy atom. The fraction of sp³-hybridized carbons (Fsp3) is 0.308. The SMILES string of the molecule is CC1(O)CN(C(=O)C=Cc2ccccc2Br)C1. The van der Waals surface area contributed by atoms with Crippen LogP contribution in [0.15, 0.2) is 34.8 Å². The maximum absolute atomic E-state index is 11.7. The highest BCUT2D eigenvalue weighted by Gasteiger charge is 2.38. The van der Waals surface area contributed by atoms with E-state index in [4.69, 9.17) is 0 Å². The third kappa shape index (κ3) is 2.96. The van der Waals surface area contributed by atoms with Crippen molar-refractivity contribution < 1.29 is 9.90 Å². The number of rotatable bonds is 2. The third-order valence-corrected chi connectivity index (χ3v) is 3.41. The van der Waals surface area contributed by atoms with Crippen molar-refractivity contribution in [2.75, 3.05) is 13.1 Å². The summed E-state index contributed by atoms with van der Waals surface area (Å²) in [5, 5.41) is 9.54. The maximum Gasteiger partial charge on any atom is 0.246 e. The van der Waals surface area contributed by atoms with Crippen LogP contribution in [0.3, 0.4) is 0 Å². The number of β-amino-alcohol motifs (C(OH)–C–C–N with tert-alkyl or cyclic N) is 1. The molecule has 1 aromatic carbocycles. The molecule has 0 unspecified atom stereocenters. The monoisotopic (exact) mass is 295 g/mol. The van der Waals surface area contributed by atoms with Gasteiger partial charge in [0.05, 0.1) is 18.7 Å². The van der Waals surface area contributed by atoms with Gasteiger partial charge in [0.15, 0.2) is 0 Å². The number of hydrogen-bond donors (Lipinski definition) is 1. The molecule has 1 fully saturated rings. The van der Waals surface area contributed by atoms with Gasteiger partial charge in [-0.1, -0.05) is 34.1 Å². The Morgan fingerprint density at radius 2 is 2.12 bits per heavy atom. The summed E-state index contributed by atoms with van der Waals surface area (Å²) in [7, 11) is 0. The molecule has 17 heavy (non-hydrogen) atoms. The van der Waals surface area contributed by atoms with E-state index in [9.17, 15) is 9.90 Å². The standard InChI is InChI=1S/C13H14BrNO2/c1-13(17)8-15(9-13)12(16)7-6-10-4-2-3-5-11(10)14/h2-7,17H,8-9H2,1H3. The molecule has 0 radical (unpaired) electrons. The van der Waals surface area contributed by atoms with Gasteiger partial charge < -0.3 is 10.0 Å². The smallest absolute Gasteiger partial charge is 0.246 e. The predicted octanol–water partition coefficient (Wildman–Crippen LogP) is 2.06. The lowest BCUT2D eigenvalue weighted by Crippen LogP contribution is -2.61. The number of carbonyl (C=O) groups is 1. The molecule has 1 heterocycles. The zero-order chi connectivity index (χ0) is 12.5. The van der Waals surface area contributed by atoms with E-state index in [1.54, 1.807) is 17.9 Å². The highest BCUT2D eigenvalue weighted by Crippen LogP contribution is 2.21. The fourth-order valence-corrected chi connectivity index (χ4v) is 2.23. The maximum atomic E-state index is 11.7. The van der Waals surface area contributed by atoms with Gasteiger partial charge >= 0.3 is 0 Å². The van der Waals surface area contributed by atoms with Gasteiger partial charge in [0.1, 0.15) is 0 Å². The molecule has 0 saturated carbocycles. The van der Waals surface area contributed by atoms with E-state index >= 15 is 0 Å². The van der Waals surface area contributed by atoms with Crippen LogP contribution >= 0.6 is 15.9 Å². The second-order valence-electron chi connectivity index (χ2n) is 4.55. The van der Waals surface area contributed by atoms with Crippen molar-refractivity contribution in [2.45, 2.75) is 12.5 Å². The van der Waals surface area contributed by atoms with Crippen LogP contribution in [0.1, 0.15) is 12.5 Å². The Kier molecular flexibility index (Phi) is 3.35. The van der Waals surface area contributed by atoms with Gasteiger partial charge in [-0.25, -0.2) is 0 Å². The molecule has 0 atom stereocenters. The molecule has 90 valence electrons. The van der Waals surface area contributed by atoms with Gasteiger partial charge in [-0.05, 0) is 24.6 Å². The first-order valence-corrected chi connectivity index (χ1v) is 6.21. The minimum Gasteiger partial charge on any atom is -0.386 e. The van der Waals surface area contributed by atoms with E-state index in [0.717, 1.165) is 10.0 Å². The van der Waals surface area contributed by atoms with Gasteiger partial charge in [0.2, 0.25) is 5.91 Å². The Morgan fingerprint density at radius 1 is 1.47 bits per heavy atom. The van der Waals surface area contributed by atoms with Crippen molar-refractivity contribution >= 4 is 27.9 Å². The molecule has 0 aliphatic carbocycles. The van der Waals surface area contributed by atoms with Crippen molar-refractivity contribution in [3.8, 4) is 0 Å². The van der Waals surface area contributed by atoms with Crippen molar-refractivity contribution in [2.24, 2.45) is 0 Å². The van der Waals surface area contributed by atoms with Crippen LogP contribution in [0, 0.1) is 0 Å². The van der Waals surface area contributed by atoms with E-state index in [0.29, 0.717) is 13.1 Å². The van der Waals surface area contributed by atoms with Crippen molar-refractivity contribution in [1.29, 1.82) is 0 Å². The first-order chi connectivity index (χ1) is 7.98. The first-order valence-electron chi connectivity index (χ1n) is 5.42. The average Bonchev–Trinajstić information content (AvgIpc) is 2.24. The molecular weight excluding hydrogens is 282 g/mol. The highest BCUT2D eigenvalue weighted by atomic mass is 79.9. The largest absolute Gasteiger partial charge is 0.386 e. The summed E-state index contributed by atoms with van der Waals surface area (Å²) < 4.78 is 0.958. The molecule has 4 heteroatoms. The topological polar surface area (TPSA) is 40.5 Å². The van der Waals surface area contributed by atoms with Crippen molar-refractivity contribution in [3.63, 3.8) is 0 Å². The van der Waals surface area contributed by atoms with Crippen LogP contribution in [-0.2, 0) is 4.79 Å².